The molecule has 0 heterocycles. The molecule has 0 amide bonds. The normalized spacial score (nSPS) is 15.4. The maximum atomic E-state index is 11.6. The highest BCUT2D eigenvalue weighted by molar-refractivity contribution is 6.57. The lowest BCUT2D eigenvalue weighted by atomic mass is 9.94. The minimum absolute atomic E-state index is 0.428. The Hall–Kier alpha value is -1.96. The van der Waals surface area contributed by atoms with Crippen LogP contribution in [-0.2, 0) is 9.59 Å². The highest BCUT2D eigenvalue weighted by Gasteiger charge is 2.19. The van der Waals surface area contributed by atoms with Gasteiger partial charge < -0.3 is 0 Å². The number of rotatable bonds is 1. The average molecular weight is 198 g/mol. The first-order valence-corrected chi connectivity index (χ1v) is 4.72. The van der Waals surface area contributed by atoms with Gasteiger partial charge in [0.15, 0.2) is 0 Å². The number of aryl methyl sites for hydroxylation is 1. The van der Waals surface area contributed by atoms with Gasteiger partial charge in [0.1, 0.15) is 0 Å². The first kappa shape index (κ1) is 9.59. The second kappa shape index (κ2) is 3.65. The van der Waals surface area contributed by atoms with Crippen LogP contribution in [0.1, 0.15) is 11.1 Å². The topological polar surface area (TPSA) is 34.1 Å². The van der Waals surface area contributed by atoms with Crippen LogP contribution < -0.4 is 0 Å². The van der Waals surface area contributed by atoms with Gasteiger partial charge in [-0.2, -0.15) is 0 Å². The van der Waals surface area contributed by atoms with Crippen LogP contribution in [0.2, 0.25) is 0 Å². The number of Topliss-reactive ketones (excluding diaryl/α,β-unsaturated/α-hetero) is 1. The predicted molar refractivity (Wildman–Crippen MR) is 58.3 cm³/mol. The Morgan fingerprint density at radius 2 is 1.93 bits per heavy atom. The Kier molecular flexibility index (Phi) is 2.34. The van der Waals surface area contributed by atoms with Crippen molar-refractivity contribution in [3.05, 3.63) is 53.6 Å². The van der Waals surface area contributed by atoms with Crippen molar-refractivity contribution in [1.29, 1.82) is 0 Å². The second-order valence-corrected chi connectivity index (χ2v) is 3.50. The van der Waals surface area contributed by atoms with Gasteiger partial charge in [-0.1, -0.05) is 42.0 Å². The summed E-state index contributed by atoms with van der Waals surface area (Å²) in [5.41, 5.74) is 2.35. The zero-order valence-corrected chi connectivity index (χ0v) is 8.36. The first-order valence-electron chi connectivity index (χ1n) is 4.72. The molecule has 1 aliphatic carbocycles. The fourth-order valence-corrected chi connectivity index (χ4v) is 1.56. The molecule has 0 radical (unpaired) electrons. The summed E-state index contributed by atoms with van der Waals surface area (Å²) in [6, 6.07) is 7.57. The summed E-state index contributed by atoms with van der Waals surface area (Å²) in [7, 11) is 0. The Labute approximate surface area is 87.9 Å². The van der Waals surface area contributed by atoms with Crippen LogP contribution in [0.25, 0.3) is 5.57 Å². The Balaban J connectivity index is 2.48. The van der Waals surface area contributed by atoms with Crippen LogP contribution in [0.5, 0.6) is 0 Å². The van der Waals surface area contributed by atoms with E-state index in [1.807, 2.05) is 31.2 Å². The van der Waals surface area contributed by atoms with E-state index in [9.17, 15) is 9.59 Å². The van der Waals surface area contributed by atoms with E-state index >= 15 is 0 Å². The Morgan fingerprint density at radius 1 is 1.13 bits per heavy atom. The molecule has 2 heteroatoms. The molecule has 2 nitrogen and oxygen atoms in total. The summed E-state index contributed by atoms with van der Waals surface area (Å²) in [6.07, 6.45) is 4.58. The molecule has 0 bridgehead atoms. The highest BCUT2D eigenvalue weighted by atomic mass is 16.2. The molecule has 0 fully saturated rings. The molecule has 0 saturated heterocycles. The van der Waals surface area contributed by atoms with Crippen molar-refractivity contribution in [1.82, 2.24) is 0 Å². The SMILES string of the molecule is Cc1cccc(C2=CC=CC(=O)C2=O)c1. The van der Waals surface area contributed by atoms with Gasteiger partial charge in [0.25, 0.3) is 0 Å². The molecule has 1 aromatic carbocycles. The van der Waals surface area contributed by atoms with Crippen LogP contribution in [-0.4, -0.2) is 11.6 Å². The zero-order valence-electron chi connectivity index (χ0n) is 8.36. The quantitative estimate of drug-likeness (QED) is 0.511. The Bertz CT molecular complexity index is 493. The number of carbonyl (C=O) groups is 2. The Morgan fingerprint density at radius 3 is 2.67 bits per heavy atom. The van der Waals surface area contributed by atoms with Crippen LogP contribution >= 0.6 is 0 Å². The van der Waals surface area contributed by atoms with Crippen molar-refractivity contribution in [3.8, 4) is 0 Å². The van der Waals surface area contributed by atoms with E-state index in [4.69, 9.17) is 0 Å². The van der Waals surface area contributed by atoms with Crippen LogP contribution in [0.4, 0.5) is 0 Å². The lowest BCUT2D eigenvalue weighted by Crippen LogP contribution is -2.15. The summed E-state index contributed by atoms with van der Waals surface area (Å²) < 4.78 is 0. The molecular formula is C13H10O2. The van der Waals surface area contributed by atoms with Crippen molar-refractivity contribution in [2.45, 2.75) is 6.92 Å². The molecule has 0 unspecified atom stereocenters. The van der Waals surface area contributed by atoms with Gasteiger partial charge in [0.05, 0.1) is 0 Å². The molecule has 15 heavy (non-hydrogen) atoms. The van der Waals surface area contributed by atoms with Gasteiger partial charge in [-0.3, -0.25) is 9.59 Å². The van der Waals surface area contributed by atoms with E-state index in [-0.39, 0.29) is 0 Å². The van der Waals surface area contributed by atoms with Gasteiger partial charge in [0.2, 0.25) is 11.6 Å². The van der Waals surface area contributed by atoms with E-state index in [1.165, 1.54) is 6.08 Å². The summed E-state index contributed by atoms with van der Waals surface area (Å²) in [5, 5.41) is 0. The fraction of sp³-hybridized carbons (Fsp3) is 0.0769. The maximum Gasteiger partial charge on any atom is 0.233 e. The van der Waals surface area contributed by atoms with E-state index in [1.54, 1.807) is 12.2 Å². The third-order valence-corrected chi connectivity index (χ3v) is 2.31. The summed E-state index contributed by atoms with van der Waals surface area (Å²) in [4.78, 5) is 22.8. The third kappa shape index (κ3) is 1.79. The second-order valence-electron chi connectivity index (χ2n) is 3.50. The average Bonchev–Trinajstić information content (AvgIpc) is 2.22. The van der Waals surface area contributed by atoms with E-state index in [2.05, 4.69) is 0 Å². The molecule has 0 N–H and O–H groups in total. The minimum atomic E-state index is -0.450. The highest BCUT2D eigenvalue weighted by Crippen LogP contribution is 2.19. The van der Waals surface area contributed by atoms with Gasteiger partial charge in [-0.15, -0.1) is 0 Å². The fourth-order valence-electron chi connectivity index (χ4n) is 1.56. The maximum absolute atomic E-state index is 11.6. The zero-order chi connectivity index (χ0) is 10.8. The number of hydrogen-bond donors (Lipinski definition) is 0. The standard InChI is InChI=1S/C13H10O2/c1-9-4-2-5-10(8-9)11-6-3-7-12(14)13(11)15/h2-8H,1H3. The molecule has 0 aliphatic heterocycles. The summed E-state index contributed by atoms with van der Waals surface area (Å²) >= 11 is 0. The van der Waals surface area contributed by atoms with Crippen LogP contribution in [0.3, 0.4) is 0 Å². The molecule has 0 atom stereocenters. The molecule has 0 saturated carbocycles. The number of hydrogen-bond acceptors (Lipinski definition) is 2. The van der Waals surface area contributed by atoms with E-state index in [0.29, 0.717) is 5.57 Å². The number of allylic oxidation sites excluding steroid dienone is 4. The van der Waals surface area contributed by atoms with Crippen molar-refractivity contribution < 1.29 is 9.59 Å². The minimum Gasteiger partial charge on any atom is -0.286 e. The van der Waals surface area contributed by atoms with E-state index in [0.717, 1.165) is 11.1 Å². The molecule has 1 aromatic rings. The molecule has 2 rings (SSSR count). The van der Waals surface area contributed by atoms with Crippen LogP contribution in [0, 0.1) is 6.92 Å². The molecular weight excluding hydrogens is 188 g/mol. The van der Waals surface area contributed by atoms with Gasteiger partial charge in [0, 0.05) is 5.57 Å². The molecule has 0 aromatic heterocycles. The van der Waals surface area contributed by atoms with Crippen molar-refractivity contribution >= 4 is 17.1 Å². The van der Waals surface area contributed by atoms with Gasteiger partial charge in [-0.05, 0) is 18.6 Å². The first-order chi connectivity index (χ1) is 7.18. The predicted octanol–water partition coefficient (Wildman–Crippen LogP) is 2.09. The summed E-state index contributed by atoms with van der Waals surface area (Å²) in [5.74, 6) is -0.878. The number of ketones is 2. The largest absolute Gasteiger partial charge is 0.286 e. The third-order valence-electron chi connectivity index (χ3n) is 2.31. The van der Waals surface area contributed by atoms with Gasteiger partial charge in [-0.25, -0.2) is 0 Å². The monoisotopic (exact) mass is 198 g/mol. The smallest absolute Gasteiger partial charge is 0.233 e. The van der Waals surface area contributed by atoms with Crippen molar-refractivity contribution in [2.24, 2.45) is 0 Å². The van der Waals surface area contributed by atoms with E-state index < -0.39 is 11.6 Å². The number of benzene rings is 1. The lowest BCUT2D eigenvalue weighted by Gasteiger charge is -2.07. The lowest BCUT2D eigenvalue weighted by molar-refractivity contribution is -0.130. The van der Waals surface area contributed by atoms with Crippen molar-refractivity contribution in [3.63, 3.8) is 0 Å². The summed E-state index contributed by atoms with van der Waals surface area (Å²) in [6.45, 7) is 1.95. The van der Waals surface area contributed by atoms with Gasteiger partial charge >= 0.3 is 0 Å². The molecule has 0 spiro atoms. The van der Waals surface area contributed by atoms with Crippen LogP contribution in [0.15, 0.2) is 42.5 Å². The molecule has 74 valence electrons. The molecule has 1 aliphatic rings. The van der Waals surface area contributed by atoms with Crippen molar-refractivity contribution in [2.75, 3.05) is 0 Å². The number of carbonyl (C=O) groups excluding carboxylic acids is 2.